The van der Waals surface area contributed by atoms with Gasteiger partial charge in [0, 0.05) is 23.5 Å². The largest absolute Gasteiger partial charge is 0.334 e. The van der Waals surface area contributed by atoms with Crippen LogP contribution in [0.5, 0.6) is 0 Å². The summed E-state index contributed by atoms with van der Waals surface area (Å²) in [7, 11) is 0. The molecule has 5 heteroatoms. The average molecular weight is 357 g/mol. The molecule has 0 bridgehead atoms. The van der Waals surface area contributed by atoms with Gasteiger partial charge in [-0.05, 0) is 42.5 Å². The summed E-state index contributed by atoms with van der Waals surface area (Å²) in [6.45, 7) is 4.78. The van der Waals surface area contributed by atoms with Gasteiger partial charge in [-0.1, -0.05) is 29.8 Å². The highest BCUT2D eigenvalue weighted by Crippen LogP contribution is 2.35. The minimum absolute atomic E-state index is 0.109. The topological polar surface area (TPSA) is 46.3 Å². The highest BCUT2D eigenvalue weighted by atomic mass is 79.9. The van der Waals surface area contributed by atoms with Crippen LogP contribution in [-0.4, -0.2) is 23.4 Å². The molecule has 1 aliphatic heterocycles. The molecule has 0 saturated carbocycles. The van der Waals surface area contributed by atoms with E-state index in [-0.39, 0.29) is 23.8 Å². The molecule has 2 N–H and O–H groups in total. The first-order valence-corrected chi connectivity index (χ1v) is 8.19. The van der Waals surface area contributed by atoms with Crippen molar-refractivity contribution in [3.05, 3.63) is 34.1 Å². The van der Waals surface area contributed by atoms with Crippen molar-refractivity contribution in [2.24, 2.45) is 11.7 Å². The molecular formula is C16H22BrFN2O. The van der Waals surface area contributed by atoms with Crippen molar-refractivity contribution in [2.75, 3.05) is 6.54 Å². The van der Waals surface area contributed by atoms with Crippen LogP contribution in [0.4, 0.5) is 4.39 Å². The number of carbonyl (C=O) groups excluding carboxylic acids is 1. The van der Waals surface area contributed by atoms with Crippen molar-refractivity contribution in [3.63, 3.8) is 0 Å². The average Bonchev–Trinajstić information content (AvgIpc) is 2.53. The van der Waals surface area contributed by atoms with Crippen LogP contribution < -0.4 is 5.73 Å². The van der Waals surface area contributed by atoms with Gasteiger partial charge in [0.05, 0.1) is 6.04 Å². The first-order valence-electron chi connectivity index (χ1n) is 7.40. The first kappa shape index (κ1) is 16.4. The van der Waals surface area contributed by atoms with Crippen molar-refractivity contribution >= 4 is 21.8 Å². The molecule has 2 rings (SSSR count). The van der Waals surface area contributed by atoms with Crippen LogP contribution in [0.3, 0.4) is 0 Å². The second kappa shape index (κ2) is 6.88. The van der Waals surface area contributed by atoms with Crippen LogP contribution in [0.25, 0.3) is 0 Å². The molecule has 3 nitrogen and oxygen atoms in total. The van der Waals surface area contributed by atoms with Crippen LogP contribution in [0, 0.1) is 11.7 Å². The summed E-state index contributed by atoms with van der Waals surface area (Å²) >= 11 is 3.47. The Morgan fingerprint density at radius 1 is 1.48 bits per heavy atom. The van der Waals surface area contributed by atoms with E-state index in [9.17, 15) is 9.18 Å². The predicted molar refractivity (Wildman–Crippen MR) is 85.2 cm³/mol. The first-order chi connectivity index (χ1) is 9.90. The third kappa shape index (κ3) is 3.83. The highest BCUT2D eigenvalue weighted by Gasteiger charge is 2.34. The maximum Gasteiger partial charge on any atom is 0.223 e. The zero-order chi connectivity index (χ0) is 15.6. The molecule has 1 heterocycles. The molecule has 1 saturated heterocycles. The molecule has 0 radical (unpaired) electrons. The van der Waals surface area contributed by atoms with Gasteiger partial charge in [0.2, 0.25) is 5.91 Å². The number of amides is 1. The molecule has 0 spiro atoms. The van der Waals surface area contributed by atoms with E-state index in [0.29, 0.717) is 18.9 Å². The molecule has 1 fully saturated rings. The Balaban J connectivity index is 2.46. The Morgan fingerprint density at radius 2 is 2.19 bits per heavy atom. The van der Waals surface area contributed by atoms with Crippen molar-refractivity contribution < 1.29 is 9.18 Å². The molecule has 0 aromatic heterocycles. The summed E-state index contributed by atoms with van der Waals surface area (Å²) in [6, 6.07) is 4.13. The Kier molecular flexibility index (Phi) is 5.38. The van der Waals surface area contributed by atoms with Gasteiger partial charge in [0.1, 0.15) is 5.82 Å². The summed E-state index contributed by atoms with van der Waals surface area (Å²) < 4.78 is 14.5. The van der Waals surface area contributed by atoms with Crippen molar-refractivity contribution in [2.45, 2.75) is 45.2 Å². The second-order valence-corrected chi connectivity index (χ2v) is 6.96. The normalized spacial score (nSPS) is 23.5. The SMILES string of the molecule is CC(C)CN1C(=O)CCCC(N)C1c1cc(F)ccc1Br. The molecule has 116 valence electrons. The number of nitrogens with two attached hydrogens (primary N) is 1. The quantitative estimate of drug-likeness (QED) is 0.898. The molecular weight excluding hydrogens is 335 g/mol. The minimum atomic E-state index is -0.304. The second-order valence-electron chi connectivity index (χ2n) is 6.11. The lowest BCUT2D eigenvalue weighted by molar-refractivity contribution is -0.133. The summed E-state index contributed by atoms with van der Waals surface area (Å²) in [5, 5.41) is 0. The van der Waals surface area contributed by atoms with Crippen LogP contribution in [-0.2, 0) is 4.79 Å². The number of halogens is 2. The number of hydrogen-bond donors (Lipinski definition) is 1. The van der Waals surface area contributed by atoms with Crippen molar-refractivity contribution in [1.82, 2.24) is 4.90 Å². The van der Waals surface area contributed by atoms with E-state index < -0.39 is 0 Å². The molecule has 1 amide bonds. The van der Waals surface area contributed by atoms with Crippen LogP contribution in [0.1, 0.15) is 44.7 Å². The van der Waals surface area contributed by atoms with Crippen LogP contribution >= 0.6 is 15.9 Å². The van der Waals surface area contributed by atoms with Gasteiger partial charge in [-0.3, -0.25) is 4.79 Å². The number of likely N-dealkylation sites (tertiary alicyclic amines) is 1. The molecule has 21 heavy (non-hydrogen) atoms. The van der Waals surface area contributed by atoms with E-state index in [1.165, 1.54) is 12.1 Å². The summed E-state index contributed by atoms with van der Waals surface area (Å²) in [6.07, 6.45) is 2.08. The van der Waals surface area contributed by atoms with Gasteiger partial charge in [0.15, 0.2) is 0 Å². The maximum absolute atomic E-state index is 13.7. The third-order valence-electron chi connectivity index (χ3n) is 3.83. The lowest BCUT2D eigenvalue weighted by atomic mass is 9.95. The van der Waals surface area contributed by atoms with Crippen molar-refractivity contribution in [3.8, 4) is 0 Å². The molecule has 1 aromatic rings. The Hall–Kier alpha value is -0.940. The standard InChI is InChI=1S/C16H22BrFN2O/c1-10(2)9-20-15(21)5-3-4-14(19)16(20)12-8-11(18)6-7-13(12)17/h6-8,10,14,16H,3-5,9,19H2,1-2H3. The molecule has 1 aromatic carbocycles. The Morgan fingerprint density at radius 3 is 2.86 bits per heavy atom. The number of rotatable bonds is 3. The summed E-state index contributed by atoms with van der Waals surface area (Å²) in [4.78, 5) is 14.3. The minimum Gasteiger partial charge on any atom is -0.334 e. The van der Waals surface area contributed by atoms with Crippen LogP contribution in [0.2, 0.25) is 0 Å². The highest BCUT2D eigenvalue weighted by molar-refractivity contribution is 9.10. The van der Waals surface area contributed by atoms with E-state index in [4.69, 9.17) is 5.73 Å². The summed E-state index contributed by atoms with van der Waals surface area (Å²) in [5.41, 5.74) is 7.08. The smallest absolute Gasteiger partial charge is 0.223 e. The molecule has 1 aliphatic rings. The molecule has 2 unspecified atom stereocenters. The molecule has 0 aliphatic carbocycles. The number of nitrogens with zero attached hydrogens (tertiary/aromatic N) is 1. The fraction of sp³-hybridized carbons (Fsp3) is 0.562. The fourth-order valence-corrected chi connectivity index (χ4v) is 3.41. The van der Waals surface area contributed by atoms with E-state index in [1.807, 2.05) is 4.90 Å². The van der Waals surface area contributed by atoms with E-state index >= 15 is 0 Å². The van der Waals surface area contributed by atoms with Gasteiger partial charge in [0.25, 0.3) is 0 Å². The van der Waals surface area contributed by atoms with Gasteiger partial charge >= 0.3 is 0 Å². The number of hydrogen-bond acceptors (Lipinski definition) is 2. The molecule has 2 atom stereocenters. The Bertz CT molecular complexity index is 521. The van der Waals surface area contributed by atoms with E-state index in [1.54, 1.807) is 6.07 Å². The van der Waals surface area contributed by atoms with E-state index in [2.05, 4.69) is 29.8 Å². The van der Waals surface area contributed by atoms with Gasteiger partial charge < -0.3 is 10.6 Å². The van der Waals surface area contributed by atoms with E-state index in [0.717, 1.165) is 22.9 Å². The zero-order valence-corrected chi connectivity index (χ0v) is 14.1. The van der Waals surface area contributed by atoms with Crippen LogP contribution in [0.15, 0.2) is 22.7 Å². The third-order valence-corrected chi connectivity index (χ3v) is 4.55. The number of benzene rings is 1. The summed E-state index contributed by atoms with van der Waals surface area (Å²) in [5.74, 6) is 0.147. The zero-order valence-electron chi connectivity index (χ0n) is 12.5. The predicted octanol–water partition coefficient (Wildman–Crippen LogP) is 3.63. The van der Waals surface area contributed by atoms with Gasteiger partial charge in [-0.25, -0.2) is 4.39 Å². The van der Waals surface area contributed by atoms with Gasteiger partial charge in [-0.2, -0.15) is 0 Å². The lowest BCUT2D eigenvalue weighted by Crippen LogP contribution is -2.44. The lowest BCUT2D eigenvalue weighted by Gasteiger charge is -2.35. The monoisotopic (exact) mass is 356 g/mol. The Labute approximate surface area is 133 Å². The maximum atomic E-state index is 13.7. The number of carbonyl (C=O) groups is 1. The van der Waals surface area contributed by atoms with Gasteiger partial charge in [-0.15, -0.1) is 0 Å². The fourth-order valence-electron chi connectivity index (χ4n) is 2.93. The van der Waals surface area contributed by atoms with Crippen molar-refractivity contribution in [1.29, 1.82) is 0 Å².